The van der Waals surface area contributed by atoms with Gasteiger partial charge in [0, 0.05) is 75.4 Å². The fourth-order valence-corrected chi connectivity index (χ4v) is 11.7. The molecule has 12 aromatic rings. The van der Waals surface area contributed by atoms with Crippen LogP contribution in [0.5, 0.6) is 0 Å². The number of nitrogens with zero attached hydrogens (tertiary/aromatic N) is 1. The number of aromatic nitrogens is 3. The van der Waals surface area contributed by atoms with Gasteiger partial charge >= 0.3 is 0 Å². The number of para-hydroxylation sites is 2. The van der Waals surface area contributed by atoms with Crippen LogP contribution in [0.1, 0.15) is 49.9 Å². The summed E-state index contributed by atoms with van der Waals surface area (Å²) in [7, 11) is 0. The molecule has 0 amide bonds. The van der Waals surface area contributed by atoms with Gasteiger partial charge in [0.15, 0.2) is 0 Å². The molecule has 3 heterocycles. The van der Waals surface area contributed by atoms with Crippen LogP contribution < -0.4 is 0 Å². The normalized spacial score (nSPS) is 14.3. The van der Waals surface area contributed by atoms with Gasteiger partial charge in [0.1, 0.15) is 0 Å². The highest BCUT2D eigenvalue weighted by Crippen LogP contribution is 2.52. The summed E-state index contributed by atoms with van der Waals surface area (Å²) in [6.07, 6.45) is 0. The number of hydrogen-bond acceptors (Lipinski definition) is 0. The Bertz CT molecular complexity index is 3910. The Morgan fingerprint density at radius 1 is 0.359 bits per heavy atom. The second-order valence-corrected chi connectivity index (χ2v) is 19.8. The lowest BCUT2D eigenvalue weighted by atomic mass is 9.82. The molecule has 14 rings (SSSR count). The number of H-pyrrole nitrogens is 2. The Morgan fingerprint density at radius 2 is 0.844 bits per heavy atom. The van der Waals surface area contributed by atoms with Gasteiger partial charge in [-0.25, -0.2) is 0 Å². The van der Waals surface area contributed by atoms with E-state index in [1.807, 2.05) is 0 Å². The second-order valence-electron chi connectivity index (χ2n) is 18.8. The lowest BCUT2D eigenvalue weighted by Crippen LogP contribution is -2.14. The van der Waals surface area contributed by atoms with E-state index in [0.717, 1.165) is 4.47 Å². The first-order valence-electron chi connectivity index (χ1n) is 22.3. The smallest absolute Gasteiger partial charge is 0.0541 e. The molecular formula is C60H44BrN3. The van der Waals surface area contributed by atoms with Crippen molar-refractivity contribution in [2.75, 3.05) is 0 Å². The highest BCUT2D eigenvalue weighted by molar-refractivity contribution is 9.10. The third kappa shape index (κ3) is 5.33. The molecule has 306 valence electrons. The number of hydrogen-bond donors (Lipinski definition) is 2. The molecular weight excluding hydrogens is 843 g/mol. The minimum Gasteiger partial charge on any atom is -0.355 e. The van der Waals surface area contributed by atoms with Crippen LogP contribution in [-0.2, 0) is 10.8 Å². The number of aromatic amines is 2. The van der Waals surface area contributed by atoms with Gasteiger partial charge in [-0.15, -0.1) is 0 Å². The van der Waals surface area contributed by atoms with Crippen LogP contribution >= 0.6 is 15.9 Å². The SMILES string of the molecule is CC1(C)c2ccccc2-c2cc3c(cc21)[nH]c1ccc(-c2ccc4c(c2)c2ccccc2n4-c2ccccc2)cc13.CC1(C)c2ccccc2-c2cc3c(cc21)[nH]c1ccc(Br)cc13. The third-order valence-corrected chi connectivity index (χ3v) is 15.1. The van der Waals surface area contributed by atoms with E-state index in [9.17, 15) is 0 Å². The molecule has 2 aliphatic carbocycles. The van der Waals surface area contributed by atoms with Crippen LogP contribution in [0.2, 0.25) is 0 Å². The molecule has 0 aliphatic heterocycles. The fraction of sp³-hybridized carbons (Fsp3) is 0.100. The van der Waals surface area contributed by atoms with Crippen molar-refractivity contribution in [3.8, 4) is 39.1 Å². The minimum absolute atomic E-state index is 0.00306. The maximum Gasteiger partial charge on any atom is 0.0541 e. The Labute approximate surface area is 380 Å². The van der Waals surface area contributed by atoms with Crippen molar-refractivity contribution in [1.82, 2.24) is 14.5 Å². The van der Waals surface area contributed by atoms with Crippen molar-refractivity contribution in [3.63, 3.8) is 0 Å². The van der Waals surface area contributed by atoms with E-state index in [1.165, 1.54) is 127 Å². The molecule has 0 radical (unpaired) electrons. The number of fused-ring (bicyclic) bond motifs is 15. The molecule has 2 aliphatic rings. The van der Waals surface area contributed by atoms with Gasteiger partial charge in [-0.1, -0.05) is 141 Å². The highest BCUT2D eigenvalue weighted by Gasteiger charge is 2.37. The van der Waals surface area contributed by atoms with E-state index >= 15 is 0 Å². The molecule has 9 aromatic carbocycles. The van der Waals surface area contributed by atoms with E-state index in [-0.39, 0.29) is 10.8 Å². The van der Waals surface area contributed by atoms with E-state index in [2.05, 4.69) is 240 Å². The average Bonchev–Trinajstić information content (AvgIpc) is 4.08. The Kier molecular flexibility index (Phi) is 7.86. The van der Waals surface area contributed by atoms with Crippen molar-refractivity contribution in [2.45, 2.75) is 38.5 Å². The monoisotopic (exact) mass is 885 g/mol. The predicted octanol–water partition coefficient (Wildman–Crippen LogP) is 16.8. The second kappa shape index (κ2) is 13.4. The molecule has 0 saturated heterocycles. The Balaban J connectivity index is 0.000000151. The predicted molar refractivity (Wildman–Crippen MR) is 274 cm³/mol. The lowest BCUT2D eigenvalue weighted by Gasteiger charge is -2.21. The zero-order chi connectivity index (χ0) is 43.1. The first kappa shape index (κ1) is 37.4. The molecule has 4 heteroatoms. The van der Waals surface area contributed by atoms with Crippen molar-refractivity contribution < 1.29 is 0 Å². The van der Waals surface area contributed by atoms with Crippen molar-refractivity contribution in [2.24, 2.45) is 0 Å². The van der Waals surface area contributed by atoms with E-state index < -0.39 is 0 Å². The van der Waals surface area contributed by atoms with Gasteiger partial charge < -0.3 is 14.5 Å². The van der Waals surface area contributed by atoms with Crippen LogP contribution in [0, 0.1) is 0 Å². The zero-order valence-corrected chi connectivity index (χ0v) is 37.7. The molecule has 3 aromatic heterocycles. The highest BCUT2D eigenvalue weighted by atomic mass is 79.9. The first-order chi connectivity index (χ1) is 31.1. The summed E-state index contributed by atoms with van der Waals surface area (Å²) in [5.74, 6) is 0. The van der Waals surface area contributed by atoms with Gasteiger partial charge in [-0.05, 0) is 141 Å². The zero-order valence-electron chi connectivity index (χ0n) is 36.1. The van der Waals surface area contributed by atoms with Crippen molar-refractivity contribution in [3.05, 3.63) is 209 Å². The molecule has 0 spiro atoms. The maximum atomic E-state index is 3.72. The number of benzene rings is 9. The van der Waals surface area contributed by atoms with Gasteiger partial charge in [0.05, 0.1) is 11.0 Å². The molecule has 3 nitrogen and oxygen atoms in total. The number of nitrogens with one attached hydrogen (secondary N) is 2. The fourth-order valence-electron chi connectivity index (χ4n) is 11.3. The van der Waals surface area contributed by atoms with Crippen molar-refractivity contribution >= 4 is 81.3 Å². The topological polar surface area (TPSA) is 36.5 Å². The molecule has 0 saturated carbocycles. The summed E-state index contributed by atoms with van der Waals surface area (Å²) in [6, 6.07) is 66.8. The van der Waals surface area contributed by atoms with Crippen LogP contribution in [-0.4, -0.2) is 14.5 Å². The van der Waals surface area contributed by atoms with E-state index in [4.69, 9.17) is 0 Å². The summed E-state index contributed by atoms with van der Waals surface area (Å²) in [6.45, 7) is 9.33. The van der Waals surface area contributed by atoms with Crippen LogP contribution in [0.3, 0.4) is 0 Å². The summed E-state index contributed by atoms with van der Waals surface area (Å²) in [5, 5.41) is 7.69. The van der Waals surface area contributed by atoms with E-state index in [0.29, 0.717) is 0 Å². The lowest BCUT2D eigenvalue weighted by molar-refractivity contribution is 0.661. The summed E-state index contributed by atoms with van der Waals surface area (Å²) in [4.78, 5) is 7.30. The first-order valence-corrected chi connectivity index (χ1v) is 23.1. The minimum atomic E-state index is -0.00306. The molecule has 2 N–H and O–H groups in total. The number of rotatable bonds is 2. The Morgan fingerprint density at radius 3 is 1.48 bits per heavy atom. The van der Waals surface area contributed by atoms with Crippen LogP contribution in [0.4, 0.5) is 0 Å². The molecule has 64 heavy (non-hydrogen) atoms. The van der Waals surface area contributed by atoms with Gasteiger partial charge in [-0.3, -0.25) is 0 Å². The van der Waals surface area contributed by atoms with Crippen LogP contribution in [0.25, 0.3) is 104 Å². The summed E-state index contributed by atoms with van der Waals surface area (Å²) in [5.41, 5.74) is 22.1. The molecule has 0 fully saturated rings. The standard InChI is InChI=1S/C39H28N2.C21H16BrN/c1-39(2)33-14-8-6-12-27(33)29-22-31-30-20-24(16-18-35(30)40-36(31)23-34(29)39)25-17-19-38-32(21-25)28-13-7-9-15-37(28)41(38)26-10-4-3-5-11-26;1-21(2)17-6-4-3-5-13(17)14-10-16-15-9-12(22)7-8-19(15)23-20(16)11-18(14)21/h3-23,40H,1-2H3;3-11,23H,1-2H3. The van der Waals surface area contributed by atoms with E-state index in [1.54, 1.807) is 0 Å². The number of halogens is 1. The Hall–Kier alpha value is -7.14. The largest absolute Gasteiger partial charge is 0.355 e. The van der Waals surface area contributed by atoms with Crippen LogP contribution in [0.15, 0.2) is 186 Å². The summed E-state index contributed by atoms with van der Waals surface area (Å²) >= 11 is 3.60. The molecule has 0 atom stereocenters. The quantitative estimate of drug-likeness (QED) is 0.174. The maximum absolute atomic E-state index is 3.72. The third-order valence-electron chi connectivity index (χ3n) is 14.6. The molecule has 0 bridgehead atoms. The van der Waals surface area contributed by atoms with Gasteiger partial charge in [-0.2, -0.15) is 0 Å². The van der Waals surface area contributed by atoms with Gasteiger partial charge in [0.2, 0.25) is 0 Å². The molecule has 0 unspecified atom stereocenters. The van der Waals surface area contributed by atoms with Crippen molar-refractivity contribution in [1.29, 1.82) is 0 Å². The average molecular weight is 887 g/mol. The van der Waals surface area contributed by atoms with Gasteiger partial charge in [0.25, 0.3) is 0 Å². The summed E-state index contributed by atoms with van der Waals surface area (Å²) < 4.78 is 3.49.